The van der Waals surface area contributed by atoms with Gasteiger partial charge in [-0.2, -0.15) is 0 Å². The zero-order chi connectivity index (χ0) is 21.1. The second kappa shape index (κ2) is 8.45. The summed E-state index contributed by atoms with van der Waals surface area (Å²) in [5.41, 5.74) is 2.75. The number of carbonyl (C=O) groups excluding carboxylic acids is 1. The Morgan fingerprint density at radius 1 is 1.00 bits per heavy atom. The van der Waals surface area contributed by atoms with Crippen LogP contribution in [0.5, 0.6) is 11.5 Å². The van der Waals surface area contributed by atoms with Crippen LogP contribution in [0.4, 0.5) is 15.8 Å². The van der Waals surface area contributed by atoms with E-state index >= 15 is 0 Å². The highest BCUT2D eigenvalue weighted by atomic mass is 19.1. The van der Waals surface area contributed by atoms with E-state index in [1.165, 1.54) is 6.07 Å². The third kappa shape index (κ3) is 3.68. The number of carbonyl (C=O) groups is 1. The first-order valence-corrected chi connectivity index (χ1v) is 9.76. The Hall–Kier alpha value is -3.54. The van der Waals surface area contributed by atoms with Crippen molar-refractivity contribution in [1.29, 1.82) is 0 Å². The molecule has 1 atom stereocenters. The largest absolute Gasteiger partial charge is 0.493 e. The molecule has 1 aliphatic heterocycles. The van der Waals surface area contributed by atoms with Gasteiger partial charge in [0.15, 0.2) is 11.5 Å². The van der Waals surface area contributed by atoms with Gasteiger partial charge in [-0.1, -0.05) is 30.3 Å². The molecule has 0 radical (unpaired) electrons. The van der Waals surface area contributed by atoms with Gasteiger partial charge >= 0.3 is 0 Å². The van der Waals surface area contributed by atoms with Crippen LogP contribution in [0.2, 0.25) is 0 Å². The van der Waals surface area contributed by atoms with E-state index in [1.807, 2.05) is 24.3 Å². The summed E-state index contributed by atoms with van der Waals surface area (Å²) in [6.07, 6.45) is 0.657. The van der Waals surface area contributed by atoms with Crippen molar-refractivity contribution in [2.75, 3.05) is 31.0 Å². The molecule has 0 saturated heterocycles. The average Bonchev–Trinajstić information content (AvgIpc) is 2.79. The predicted octanol–water partition coefficient (Wildman–Crippen LogP) is 5.05. The molecule has 3 aromatic rings. The van der Waals surface area contributed by atoms with E-state index in [0.29, 0.717) is 35.7 Å². The molecule has 0 aromatic heterocycles. The van der Waals surface area contributed by atoms with Gasteiger partial charge in [0.05, 0.1) is 25.9 Å². The molecule has 0 aliphatic carbocycles. The van der Waals surface area contributed by atoms with Crippen molar-refractivity contribution in [1.82, 2.24) is 0 Å². The number of methoxy groups -OCH3 is 2. The van der Waals surface area contributed by atoms with Crippen LogP contribution in [0.3, 0.4) is 0 Å². The van der Waals surface area contributed by atoms with Crippen LogP contribution < -0.4 is 19.7 Å². The summed E-state index contributed by atoms with van der Waals surface area (Å²) in [4.78, 5) is 15.1. The van der Waals surface area contributed by atoms with E-state index in [4.69, 9.17) is 9.47 Å². The highest BCUT2D eigenvalue weighted by Crippen LogP contribution is 2.37. The van der Waals surface area contributed by atoms with E-state index in [2.05, 4.69) is 5.32 Å². The highest BCUT2D eigenvalue weighted by molar-refractivity contribution is 6.07. The van der Waals surface area contributed by atoms with E-state index in [-0.39, 0.29) is 17.8 Å². The van der Waals surface area contributed by atoms with Crippen molar-refractivity contribution in [3.05, 3.63) is 83.7 Å². The van der Waals surface area contributed by atoms with Crippen LogP contribution in [-0.2, 0) is 0 Å². The number of nitrogens with one attached hydrogen (secondary N) is 1. The van der Waals surface area contributed by atoms with Crippen LogP contribution in [0.15, 0.2) is 66.7 Å². The third-order valence-electron chi connectivity index (χ3n) is 5.32. The van der Waals surface area contributed by atoms with Gasteiger partial charge in [0.1, 0.15) is 5.82 Å². The number of hydrogen-bond acceptors (Lipinski definition) is 4. The van der Waals surface area contributed by atoms with Crippen LogP contribution >= 0.6 is 0 Å². The van der Waals surface area contributed by atoms with Gasteiger partial charge in [0.25, 0.3) is 5.91 Å². The quantitative estimate of drug-likeness (QED) is 0.645. The second-order valence-electron chi connectivity index (χ2n) is 7.05. The number of nitrogens with zero attached hydrogens (tertiary/aromatic N) is 1. The summed E-state index contributed by atoms with van der Waals surface area (Å²) in [7, 11) is 3.10. The maximum Gasteiger partial charge on any atom is 0.258 e. The number of fused-ring (bicyclic) bond motifs is 1. The molecule has 1 unspecified atom stereocenters. The number of benzene rings is 3. The molecule has 1 heterocycles. The lowest BCUT2D eigenvalue weighted by Crippen LogP contribution is -2.38. The average molecular weight is 406 g/mol. The standard InChI is InChI=1S/C24H23FN2O3/c1-29-22-12-11-16(15-23(22)30-2)24(28)27-14-13-19(17-7-3-6-10-21(17)27)26-20-9-5-4-8-18(20)25/h3-12,15,19,26H,13-14H2,1-2H3. The van der Waals surface area contributed by atoms with Gasteiger partial charge in [0.2, 0.25) is 0 Å². The van der Waals surface area contributed by atoms with E-state index in [9.17, 15) is 9.18 Å². The summed E-state index contributed by atoms with van der Waals surface area (Å²) in [6.45, 7) is 0.510. The molecular formula is C24H23FN2O3. The fraction of sp³-hybridized carbons (Fsp3) is 0.208. The molecule has 0 bridgehead atoms. The van der Waals surface area contributed by atoms with Gasteiger partial charge in [-0.25, -0.2) is 4.39 Å². The van der Waals surface area contributed by atoms with E-state index in [1.54, 1.807) is 55.5 Å². The Morgan fingerprint density at radius 3 is 2.50 bits per heavy atom. The second-order valence-corrected chi connectivity index (χ2v) is 7.05. The molecule has 1 amide bonds. The van der Waals surface area contributed by atoms with Gasteiger partial charge in [-0.15, -0.1) is 0 Å². The SMILES string of the molecule is COc1ccc(C(=O)N2CCC(Nc3ccccc3F)c3ccccc32)cc1OC. The molecule has 6 heteroatoms. The third-order valence-corrected chi connectivity index (χ3v) is 5.32. The van der Waals surface area contributed by atoms with Crippen LogP contribution in [0.1, 0.15) is 28.4 Å². The molecule has 4 rings (SSSR count). The molecule has 3 aromatic carbocycles. The van der Waals surface area contributed by atoms with Crippen LogP contribution in [0.25, 0.3) is 0 Å². The Kier molecular flexibility index (Phi) is 5.57. The first-order chi connectivity index (χ1) is 14.6. The summed E-state index contributed by atoms with van der Waals surface area (Å²) >= 11 is 0. The summed E-state index contributed by atoms with van der Waals surface area (Å²) in [6, 6.07) is 19.4. The van der Waals surface area contributed by atoms with Crippen LogP contribution in [0, 0.1) is 5.82 Å². The Morgan fingerprint density at radius 2 is 1.73 bits per heavy atom. The monoisotopic (exact) mass is 406 g/mol. The van der Waals surface area contributed by atoms with E-state index in [0.717, 1.165) is 11.3 Å². The molecule has 0 spiro atoms. The van der Waals surface area contributed by atoms with Crippen LogP contribution in [-0.4, -0.2) is 26.7 Å². The molecule has 30 heavy (non-hydrogen) atoms. The lowest BCUT2D eigenvalue weighted by molar-refractivity contribution is 0.0984. The van der Waals surface area contributed by atoms with Gasteiger partial charge < -0.3 is 19.7 Å². The molecule has 1 aliphatic rings. The van der Waals surface area contributed by atoms with Gasteiger partial charge in [-0.05, 0) is 48.4 Å². The number of halogens is 1. The molecule has 1 N–H and O–H groups in total. The maximum atomic E-state index is 14.1. The molecule has 0 fully saturated rings. The lowest BCUT2D eigenvalue weighted by Gasteiger charge is -2.35. The normalized spacial score (nSPS) is 15.3. The smallest absolute Gasteiger partial charge is 0.258 e. The minimum Gasteiger partial charge on any atom is -0.493 e. The van der Waals surface area contributed by atoms with Crippen molar-refractivity contribution >= 4 is 17.3 Å². The number of hydrogen-bond donors (Lipinski definition) is 1. The summed E-state index contributed by atoms with van der Waals surface area (Å²) in [5, 5.41) is 3.29. The molecular weight excluding hydrogens is 383 g/mol. The first-order valence-electron chi connectivity index (χ1n) is 9.76. The molecule has 5 nitrogen and oxygen atoms in total. The maximum absolute atomic E-state index is 14.1. The topological polar surface area (TPSA) is 50.8 Å². The number of anilines is 2. The summed E-state index contributed by atoms with van der Waals surface area (Å²) < 4.78 is 24.7. The fourth-order valence-corrected chi connectivity index (χ4v) is 3.81. The van der Waals surface area contributed by atoms with Crippen molar-refractivity contribution in [3.8, 4) is 11.5 Å². The van der Waals surface area contributed by atoms with Crippen molar-refractivity contribution in [2.24, 2.45) is 0 Å². The first kappa shape index (κ1) is 19.8. The van der Waals surface area contributed by atoms with Crippen molar-refractivity contribution in [3.63, 3.8) is 0 Å². The minimum absolute atomic E-state index is 0.0902. The zero-order valence-electron chi connectivity index (χ0n) is 16.9. The highest BCUT2D eigenvalue weighted by Gasteiger charge is 2.29. The minimum atomic E-state index is -0.293. The number of para-hydroxylation sites is 2. The number of ether oxygens (including phenoxy) is 2. The van der Waals surface area contributed by atoms with Gasteiger partial charge in [-0.3, -0.25) is 4.79 Å². The number of amides is 1. The molecule has 0 saturated carbocycles. The van der Waals surface area contributed by atoms with Gasteiger partial charge in [0, 0.05) is 17.8 Å². The Labute approximate surface area is 175 Å². The Balaban J connectivity index is 1.64. The predicted molar refractivity (Wildman–Crippen MR) is 115 cm³/mol. The fourth-order valence-electron chi connectivity index (χ4n) is 3.81. The lowest BCUT2D eigenvalue weighted by atomic mass is 9.95. The van der Waals surface area contributed by atoms with Crippen molar-refractivity contribution < 1.29 is 18.7 Å². The van der Waals surface area contributed by atoms with E-state index < -0.39 is 0 Å². The van der Waals surface area contributed by atoms with Crippen molar-refractivity contribution in [2.45, 2.75) is 12.5 Å². The molecule has 154 valence electrons. The summed E-state index contributed by atoms with van der Waals surface area (Å²) in [5.74, 6) is 0.668. The Bertz CT molecular complexity index is 1070. The number of rotatable bonds is 5. The zero-order valence-corrected chi connectivity index (χ0v) is 16.9.